The normalized spacial score (nSPS) is 10.1. The van der Waals surface area contributed by atoms with Gasteiger partial charge in [0.2, 0.25) is 5.91 Å². The second kappa shape index (κ2) is 9.33. The SMILES string of the molecule is CN(C)C(=O)CCc1ccc(NC(=O)COc2ccccc2[N+](=O)[O-])cc1. The minimum atomic E-state index is -0.562. The summed E-state index contributed by atoms with van der Waals surface area (Å²) in [4.78, 5) is 35.5. The number of carbonyl (C=O) groups excluding carboxylic acids is 2. The van der Waals surface area contributed by atoms with Gasteiger partial charge in [0.25, 0.3) is 5.91 Å². The Balaban J connectivity index is 1.86. The van der Waals surface area contributed by atoms with Crippen LogP contribution < -0.4 is 10.1 Å². The highest BCUT2D eigenvalue weighted by Crippen LogP contribution is 2.25. The molecule has 8 nitrogen and oxygen atoms in total. The van der Waals surface area contributed by atoms with Crippen molar-refractivity contribution in [3.8, 4) is 5.75 Å². The van der Waals surface area contributed by atoms with Crippen molar-refractivity contribution in [3.63, 3.8) is 0 Å². The summed E-state index contributed by atoms with van der Waals surface area (Å²) in [5.41, 5.74) is 1.37. The maximum Gasteiger partial charge on any atom is 0.310 e. The van der Waals surface area contributed by atoms with Crippen molar-refractivity contribution in [1.82, 2.24) is 4.90 Å². The molecular formula is C19H21N3O5. The molecule has 0 heterocycles. The van der Waals surface area contributed by atoms with Crippen LogP contribution in [0.3, 0.4) is 0 Å². The van der Waals surface area contributed by atoms with Crippen molar-refractivity contribution in [3.05, 3.63) is 64.2 Å². The van der Waals surface area contributed by atoms with E-state index in [1.165, 1.54) is 18.2 Å². The second-order valence-electron chi connectivity index (χ2n) is 6.05. The number of benzene rings is 2. The maximum atomic E-state index is 12.0. The molecule has 0 spiro atoms. The zero-order valence-electron chi connectivity index (χ0n) is 15.2. The van der Waals surface area contributed by atoms with Gasteiger partial charge in [-0.2, -0.15) is 0 Å². The Bertz CT molecular complexity index is 818. The van der Waals surface area contributed by atoms with Crippen LogP contribution in [-0.2, 0) is 16.0 Å². The third-order valence-corrected chi connectivity index (χ3v) is 3.78. The average Bonchev–Trinajstić information content (AvgIpc) is 2.65. The molecule has 0 saturated carbocycles. The summed E-state index contributed by atoms with van der Waals surface area (Å²) in [5.74, 6) is -0.332. The molecule has 2 aromatic carbocycles. The van der Waals surface area contributed by atoms with Gasteiger partial charge in [-0.25, -0.2) is 0 Å². The Labute approximate surface area is 156 Å². The second-order valence-corrected chi connectivity index (χ2v) is 6.05. The monoisotopic (exact) mass is 371 g/mol. The van der Waals surface area contributed by atoms with E-state index >= 15 is 0 Å². The molecule has 2 aromatic rings. The van der Waals surface area contributed by atoms with E-state index in [1.54, 1.807) is 37.2 Å². The van der Waals surface area contributed by atoms with Crippen molar-refractivity contribution < 1.29 is 19.2 Å². The number of nitro groups is 1. The molecule has 0 radical (unpaired) electrons. The average molecular weight is 371 g/mol. The summed E-state index contributed by atoms with van der Waals surface area (Å²) in [5, 5.41) is 13.6. The molecule has 0 fully saturated rings. The lowest BCUT2D eigenvalue weighted by atomic mass is 10.1. The van der Waals surface area contributed by atoms with Gasteiger partial charge in [0, 0.05) is 32.3 Å². The van der Waals surface area contributed by atoms with Crippen LogP contribution in [0.2, 0.25) is 0 Å². The number of amides is 2. The number of aryl methyl sites for hydroxylation is 1. The summed E-state index contributed by atoms with van der Waals surface area (Å²) in [6, 6.07) is 13.0. The molecule has 0 saturated heterocycles. The summed E-state index contributed by atoms with van der Waals surface area (Å²) in [7, 11) is 3.43. The van der Waals surface area contributed by atoms with Gasteiger partial charge in [-0.15, -0.1) is 0 Å². The van der Waals surface area contributed by atoms with E-state index in [9.17, 15) is 19.7 Å². The molecule has 0 aliphatic heterocycles. The lowest BCUT2D eigenvalue weighted by Crippen LogP contribution is -2.21. The molecule has 0 aromatic heterocycles. The molecule has 0 aliphatic rings. The standard InChI is InChI=1S/C19H21N3O5/c1-21(2)19(24)12-9-14-7-10-15(11-8-14)20-18(23)13-27-17-6-4-3-5-16(17)22(25)26/h3-8,10-11H,9,12-13H2,1-2H3,(H,20,23). The molecule has 1 N–H and O–H groups in total. The first-order chi connectivity index (χ1) is 12.9. The van der Waals surface area contributed by atoms with Crippen LogP contribution in [0.1, 0.15) is 12.0 Å². The lowest BCUT2D eigenvalue weighted by Gasteiger charge is -2.10. The van der Waals surface area contributed by atoms with E-state index < -0.39 is 10.8 Å². The van der Waals surface area contributed by atoms with Crippen LogP contribution in [-0.4, -0.2) is 42.3 Å². The Morgan fingerprint density at radius 1 is 1.11 bits per heavy atom. The highest BCUT2D eigenvalue weighted by Gasteiger charge is 2.15. The fraction of sp³-hybridized carbons (Fsp3) is 0.263. The van der Waals surface area contributed by atoms with E-state index in [0.717, 1.165) is 5.56 Å². The Morgan fingerprint density at radius 3 is 2.41 bits per heavy atom. The molecule has 2 rings (SSSR count). The highest BCUT2D eigenvalue weighted by molar-refractivity contribution is 5.91. The first-order valence-corrected chi connectivity index (χ1v) is 8.32. The van der Waals surface area contributed by atoms with Gasteiger partial charge in [-0.3, -0.25) is 19.7 Å². The van der Waals surface area contributed by atoms with Crippen LogP contribution in [0.5, 0.6) is 5.75 Å². The van der Waals surface area contributed by atoms with E-state index in [2.05, 4.69) is 5.32 Å². The largest absolute Gasteiger partial charge is 0.477 e. The zero-order valence-corrected chi connectivity index (χ0v) is 15.2. The highest BCUT2D eigenvalue weighted by atomic mass is 16.6. The quantitative estimate of drug-likeness (QED) is 0.568. The first kappa shape index (κ1) is 19.9. The summed E-state index contributed by atoms with van der Waals surface area (Å²) in [6.07, 6.45) is 1.04. The Kier molecular flexibility index (Phi) is 6.87. The number of ether oxygens (including phenoxy) is 1. The Morgan fingerprint density at radius 2 is 1.78 bits per heavy atom. The van der Waals surface area contributed by atoms with Gasteiger partial charge in [-0.05, 0) is 30.2 Å². The lowest BCUT2D eigenvalue weighted by molar-refractivity contribution is -0.385. The van der Waals surface area contributed by atoms with Crippen LogP contribution >= 0.6 is 0 Å². The molecule has 8 heteroatoms. The number of carbonyl (C=O) groups is 2. The Hall–Kier alpha value is -3.42. The van der Waals surface area contributed by atoms with Crippen LogP contribution in [0.4, 0.5) is 11.4 Å². The van der Waals surface area contributed by atoms with E-state index in [4.69, 9.17) is 4.74 Å². The number of para-hydroxylation sites is 2. The van der Waals surface area contributed by atoms with Gasteiger partial charge in [-0.1, -0.05) is 24.3 Å². The molecule has 0 atom stereocenters. The third kappa shape index (κ3) is 6.10. The summed E-state index contributed by atoms with van der Waals surface area (Å²) in [6.45, 7) is -0.343. The smallest absolute Gasteiger partial charge is 0.310 e. The first-order valence-electron chi connectivity index (χ1n) is 8.32. The summed E-state index contributed by atoms with van der Waals surface area (Å²) < 4.78 is 5.25. The minimum absolute atomic E-state index is 0.0403. The number of anilines is 1. The van der Waals surface area contributed by atoms with Crippen LogP contribution in [0.15, 0.2) is 48.5 Å². The van der Waals surface area contributed by atoms with Gasteiger partial charge >= 0.3 is 5.69 Å². The molecule has 0 unspecified atom stereocenters. The third-order valence-electron chi connectivity index (χ3n) is 3.78. The number of hydrogen-bond acceptors (Lipinski definition) is 5. The summed E-state index contributed by atoms with van der Waals surface area (Å²) >= 11 is 0. The molecule has 0 bridgehead atoms. The minimum Gasteiger partial charge on any atom is -0.477 e. The van der Waals surface area contributed by atoms with Crippen molar-refractivity contribution in [2.75, 3.05) is 26.0 Å². The number of nitrogens with one attached hydrogen (secondary N) is 1. The maximum absolute atomic E-state index is 12.0. The van der Waals surface area contributed by atoms with Crippen LogP contribution in [0.25, 0.3) is 0 Å². The molecule has 27 heavy (non-hydrogen) atoms. The predicted molar refractivity (Wildman–Crippen MR) is 101 cm³/mol. The van der Waals surface area contributed by atoms with Crippen LogP contribution in [0, 0.1) is 10.1 Å². The molecule has 142 valence electrons. The fourth-order valence-corrected chi connectivity index (χ4v) is 2.30. The van der Waals surface area contributed by atoms with E-state index in [1.807, 2.05) is 12.1 Å². The van der Waals surface area contributed by atoms with Gasteiger partial charge < -0.3 is 15.0 Å². The molecule has 2 amide bonds. The van der Waals surface area contributed by atoms with Crippen molar-refractivity contribution >= 4 is 23.2 Å². The van der Waals surface area contributed by atoms with E-state index in [0.29, 0.717) is 18.5 Å². The van der Waals surface area contributed by atoms with Crippen molar-refractivity contribution in [1.29, 1.82) is 0 Å². The predicted octanol–water partition coefficient (Wildman–Crippen LogP) is 2.63. The van der Waals surface area contributed by atoms with E-state index in [-0.39, 0.29) is 24.0 Å². The number of nitrogens with zero attached hydrogens (tertiary/aromatic N) is 2. The number of rotatable bonds is 8. The fourth-order valence-electron chi connectivity index (χ4n) is 2.30. The number of nitro benzene ring substituents is 1. The number of hydrogen-bond donors (Lipinski definition) is 1. The van der Waals surface area contributed by atoms with Gasteiger partial charge in [0.05, 0.1) is 4.92 Å². The van der Waals surface area contributed by atoms with Gasteiger partial charge in [0.1, 0.15) is 0 Å². The van der Waals surface area contributed by atoms with Crippen molar-refractivity contribution in [2.24, 2.45) is 0 Å². The molecule has 0 aliphatic carbocycles. The van der Waals surface area contributed by atoms with Crippen molar-refractivity contribution in [2.45, 2.75) is 12.8 Å². The molecular weight excluding hydrogens is 350 g/mol. The van der Waals surface area contributed by atoms with Gasteiger partial charge in [0.15, 0.2) is 12.4 Å². The topological polar surface area (TPSA) is 102 Å². The zero-order chi connectivity index (χ0) is 19.8.